The number of aromatic nitrogens is 1. The summed E-state index contributed by atoms with van der Waals surface area (Å²) < 4.78 is 6.21. The number of nitrogens with zero attached hydrogens (tertiary/aromatic N) is 2. The van der Waals surface area contributed by atoms with Crippen LogP contribution in [0.2, 0.25) is 0 Å². The van der Waals surface area contributed by atoms with Crippen molar-refractivity contribution >= 4 is 21.6 Å². The van der Waals surface area contributed by atoms with Gasteiger partial charge in [-0.3, -0.25) is 4.98 Å². The molecule has 0 unspecified atom stereocenters. The SMILES string of the molecule is CCC(CC)N(CCOC)c1cncc(Br)c1. The third-order valence-corrected chi connectivity index (χ3v) is 3.38. The topological polar surface area (TPSA) is 25.4 Å². The van der Waals surface area contributed by atoms with Crippen LogP contribution in [0.3, 0.4) is 0 Å². The van der Waals surface area contributed by atoms with Gasteiger partial charge in [0.15, 0.2) is 0 Å². The van der Waals surface area contributed by atoms with Gasteiger partial charge in [0.1, 0.15) is 0 Å². The number of pyridine rings is 1. The van der Waals surface area contributed by atoms with Crippen molar-refractivity contribution in [1.82, 2.24) is 4.98 Å². The van der Waals surface area contributed by atoms with Gasteiger partial charge in [-0.15, -0.1) is 0 Å². The van der Waals surface area contributed by atoms with Gasteiger partial charge in [-0.2, -0.15) is 0 Å². The van der Waals surface area contributed by atoms with E-state index in [0.717, 1.165) is 36.2 Å². The first-order valence-electron chi connectivity index (χ1n) is 6.09. The lowest BCUT2D eigenvalue weighted by atomic mass is 10.1. The highest BCUT2D eigenvalue weighted by molar-refractivity contribution is 9.10. The predicted octanol–water partition coefficient (Wildman–Crippen LogP) is 3.49. The van der Waals surface area contributed by atoms with Gasteiger partial charge in [-0.05, 0) is 34.8 Å². The van der Waals surface area contributed by atoms with Crippen LogP contribution >= 0.6 is 15.9 Å². The Morgan fingerprint density at radius 1 is 1.35 bits per heavy atom. The van der Waals surface area contributed by atoms with Crippen LogP contribution in [0.15, 0.2) is 22.9 Å². The van der Waals surface area contributed by atoms with E-state index in [4.69, 9.17) is 4.74 Å². The van der Waals surface area contributed by atoms with Crippen LogP contribution in [0.4, 0.5) is 5.69 Å². The zero-order valence-electron chi connectivity index (χ0n) is 10.8. The van der Waals surface area contributed by atoms with Crippen molar-refractivity contribution in [1.29, 1.82) is 0 Å². The molecule has 0 radical (unpaired) electrons. The van der Waals surface area contributed by atoms with Gasteiger partial charge in [-0.25, -0.2) is 0 Å². The zero-order valence-corrected chi connectivity index (χ0v) is 12.4. The second-order valence-corrected chi connectivity index (χ2v) is 4.93. The van der Waals surface area contributed by atoms with E-state index in [-0.39, 0.29) is 0 Å². The van der Waals surface area contributed by atoms with Crippen LogP contribution in [0.25, 0.3) is 0 Å². The summed E-state index contributed by atoms with van der Waals surface area (Å²) in [4.78, 5) is 6.61. The Kier molecular flexibility index (Phi) is 6.52. The van der Waals surface area contributed by atoms with Crippen LogP contribution in [0.1, 0.15) is 26.7 Å². The fourth-order valence-corrected chi connectivity index (χ4v) is 2.35. The molecule has 0 aliphatic rings. The molecular formula is C13H21BrN2O. The number of ether oxygens (including phenoxy) is 1. The van der Waals surface area contributed by atoms with Crippen LogP contribution in [0, 0.1) is 0 Å². The second-order valence-electron chi connectivity index (χ2n) is 4.02. The first-order chi connectivity index (χ1) is 8.22. The molecule has 0 aliphatic carbocycles. The van der Waals surface area contributed by atoms with E-state index >= 15 is 0 Å². The molecule has 0 bridgehead atoms. The first kappa shape index (κ1) is 14.5. The Labute approximate surface area is 112 Å². The lowest BCUT2D eigenvalue weighted by molar-refractivity contribution is 0.202. The van der Waals surface area contributed by atoms with Gasteiger partial charge in [0, 0.05) is 30.4 Å². The van der Waals surface area contributed by atoms with Crippen molar-refractivity contribution in [3.8, 4) is 0 Å². The number of hydrogen-bond donors (Lipinski definition) is 0. The van der Waals surface area contributed by atoms with Crippen molar-refractivity contribution in [2.24, 2.45) is 0 Å². The van der Waals surface area contributed by atoms with Crippen molar-refractivity contribution in [3.63, 3.8) is 0 Å². The summed E-state index contributed by atoms with van der Waals surface area (Å²) in [5.74, 6) is 0. The summed E-state index contributed by atoms with van der Waals surface area (Å²) in [6, 6.07) is 2.65. The third-order valence-electron chi connectivity index (χ3n) is 2.94. The molecule has 3 nitrogen and oxygen atoms in total. The minimum Gasteiger partial charge on any atom is -0.383 e. The Morgan fingerprint density at radius 2 is 2.06 bits per heavy atom. The monoisotopic (exact) mass is 300 g/mol. The summed E-state index contributed by atoms with van der Waals surface area (Å²) >= 11 is 3.47. The van der Waals surface area contributed by atoms with E-state index in [1.54, 1.807) is 7.11 Å². The lowest BCUT2D eigenvalue weighted by Crippen LogP contribution is -2.37. The maximum absolute atomic E-state index is 5.19. The minimum atomic E-state index is 0.543. The van der Waals surface area contributed by atoms with Crippen LogP contribution in [0.5, 0.6) is 0 Å². The van der Waals surface area contributed by atoms with Gasteiger partial charge in [0.05, 0.1) is 18.5 Å². The minimum absolute atomic E-state index is 0.543. The van der Waals surface area contributed by atoms with E-state index in [1.807, 2.05) is 12.4 Å². The van der Waals surface area contributed by atoms with E-state index in [9.17, 15) is 0 Å². The van der Waals surface area contributed by atoms with Gasteiger partial charge in [0.2, 0.25) is 0 Å². The van der Waals surface area contributed by atoms with E-state index in [2.05, 4.69) is 45.7 Å². The van der Waals surface area contributed by atoms with Gasteiger partial charge in [0.25, 0.3) is 0 Å². The molecule has 17 heavy (non-hydrogen) atoms. The van der Waals surface area contributed by atoms with E-state index in [0.29, 0.717) is 6.04 Å². The highest BCUT2D eigenvalue weighted by Gasteiger charge is 2.15. The Balaban J connectivity index is 2.88. The summed E-state index contributed by atoms with van der Waals surface area (Å²) in [7, 11) is 1.74. The molecule has 1 aromatic heterocycles. The van der Waals surface area contributed by atoms with Crippen molar-refractivity contribution < 1.29 is 4.74 Å². The molecule has 96 valence electrons. The van der Waals surface area contributed by atoms with Crippen LogP contribution < -0.4 is 4.90 Å². The number of rotatable bonds is 7. The fraction of sp³-hybridized carbons (Fsp3) is 0.615. The average Bonchev–Trinajstić information content (AvgIpc) is 2.34. The summed E-state index contributed by atoms with van der Waals surface area (Å²) in [5.41, 5.74) is 1.16. The zero-order chi connectivity index (χ0) is 12.7. The first-order valence-corrected chi connectivity index (χ1v) is 6.88. The van der Waals surface area contributed by atoms with Crippen LogP contribution in [-0.4, -0.2) is 31.3 Å². The molecular weight excluding hydrogens is 280 g/mol. The molecule has 0 saturated carbocycles. The summed E-state index contributed by atoms with van der Waals surface area (Å²) in [6.07, 6.45) is 5.99. The van der Waals surface area contributed by atoms with Crippen molar-refractivity contribution in [2.75, 3.05) is 25.2 Å². The Morgan fingerprint density at radius 3 is 2.59 bits per heavy atom. The van der Waals surface area contributed by atoms with Gasteiger partial charge < -0.3 is 9.64 Å². The fourth-order valence-electron chi connectivity index (χ4n) is 2.00. The van der Waals surface area contributed by atoms with E-state index in [1.165, 1.54) is 0 Å². The third kappa shape index (κ3) is 4.28. The largest absolute Gasteiger partial charge is 0.383 e. The molecule has 0 aliphatic heterocycles. The summed E-state index contributed by atoms with van der Waals surface area (Å²) in [5, 5.41) is 0. The highest BCUT2D eigenvalue weighted by Crippen LogP contribution is 2.22. The standard InChI is InChI=1S/C13H21BrN2O/c1-4-12(5-2)16(6-7-17-3)13-8-11(14)9-15-10-13/h8-10,12H,4-7H2,1-3H3. The molecule has 0 fully saturated rings. The Bertz CT molecular complexity index is 329. The predicted molar refractivity (Wildman–Crippen MR) is 75.5 cm³/mol. The van der Waals surface area contributed by atoms with Gasteiger partial charge in [-0.1, -0.05) is 13.8 Å². The molecule has 1 aromatic rings. The molecule has 0 aromatic carbocycles. The molecule has 0 saturated heterocycles. The van der Waals surface area contributed by atoms with Crippen molar-refractivity contribution in [3.05, 3.63) is 22.9 Å². The molecule has 0 atom stereocenters. The smallest absolute Gasteiger partial charge is 0.0637 e. The molecule has 4 heteroatoms. The lowest BCUT2D eigenvalue weighted by Gasteiger charge is -2.32. The van der Waals surface area contributed by atoms with Crippen LogP contribution in [-0.2, 0) is 4.74 Å². The molecule has 1 heterocycles. The van der Waals surface area contributed by atoms with Gasteiger partial charge >= 0.3 is 0 Å². The molecule has 1 rings (SSSR count). The second kappa shape index (κ2) is 7.67. The van der Waals surface area contributed by atoms with Crippen molar-refractivity contribution in [2.45, 2.75) is 32.7 Å². The number of anilines is 1. The quantitative estimate of drug-likeness (QED) is 0.771. The Hall–Kier alpha value is -0.610. The van der Waals surface area contributed by atoms with E-state index < -0.39 is 0 Å². The maximum atomic E-state index is 5.19. The summed E-state index contributed by atoms with van der Waals surface area (Å²) in [6.45, 7) is 6.09. The normalized spacial score (nSPS) is 10.9. The number of hydrogen-bond acceptors (Lipinski definition) is 3. The molecule has 0 amide bonds. The average molecular weight is 301 g/mol. The molecule has 0 N–H and O–H groups in total. The molecule has 0 spiro atoms. The maximum Gasteiger partial charge on any atom is 0.0637 e. The number of halogens is 1. The number of methoxy groups -OCH3 is 1. The highest BCUT2D eigenvalue weighted by atomic mass is 79.9.